The van der Waals surface area contributed by atoms with E-state index in [1.54, 1.807) is 6.20 Å². The van der Waals surface area contributed by atoms with Crippen LogP contribution in [0.5, 0.6) is 0 Å². The van der Waals surface area contributed by atoms with Crippen LogP contribution in [0.25, 0.3) is 0 Å². The molecule has 0 bridgehead atoms. The van der Waals surface area contributed by atoms with Crippen molar-refractivity contribution in [3.63, 3.8) is 0 Å². The molecular formula is C13H25BrN4OS. The van der Waals surface area contributed by atoms with Gasteiger partial charge in [0.2, 0.25) is 0 Å². The second-order valence-electron chi connectivity index (χ2n) is 4.70. The normalized spacial score (nSPS) is 11.2. The van der Waals surface area contributed by atoms with Crippen LogP contribution in [0.4, 0.5) is 0 Å². The fraction of sp³-hybridized carbons (Fsp3) is 0.769. The van der Waals surface area contributed by atoms with E-state index in [4.69, 9.17) is 0 Å². The van der Waals surface area contributed by atoms with Gasteiger partial charge in [-0.2, -0.15) is 15.4 Å². The number of halogens is 1. The average molecular weight is 365 g/mol. The zero-order chi connectivity index (χ0) is 14.1. The lowest BCUT2D eigenvalue weighted by Crippen LogP contribution is -3.00. The van der Waals surface area contributed by atoms with Crippen molar-refractivity contribution in [2.45, 2.75) is 33.6 Å². The molecule has 1 aromatic heterocycles. The molecule has 0 saturated heterocycles. The third-order valence-electron chi connectivity index (χ3n) is 3.89. The number of aromatic amines is 1. The van der Waals surface area contributed by atoms with Crippen LogP contribution in [-0.2, 0) is 11.2 Å². The highest BCUT2D eigenvalue weighted by molar-refractivity contribution is 8.13. The fourth-order valence-electron chi connectivity index (χ4n) is 2.16. The lowest BCUT2D eigenvalue weighted by atomic mass is 10.3. The molecule has 1 heterocycles. The van der Waals surface area contributed by atoms with E-state index >= 15 is 0 Å². The van der Waals surface area contributed by atoms with Crippen molar-refractivity contribution in [1.29, 1.82) is 0 Å². The van der Waals surface area contributed by atoms with Gasteiger partial charge >= 0.3 is 0 Å². The van der Waals surface area contributed by atoms with Crippen molar-refractivity contribution in [2.24, 2.45) is 0 Å². The second-order valence-corrected chi connectivity index (χ2v) is 5.85. The molecule has 0 atom stereocenters. The lowest BCUT2D eigenvalue weighted by molar-refractivity contribution is -0.922. The van der Waals surface area contributed by atoms with E-state index < -0.39 is 0 Å². The summed E-state index contributed by atoms with van der Waals surface area (Å²) in [4.78, 5) is 11.9. The molecule has 0 aliphatic heterocycles. The summed E-state index contributed by atoms with van der Waals surface area (Å²) in [7, 11) is 0. The van der Waals surface area contributed by atoms with E-state index in [1.165, 1.54) is 11.8 Å². The molecule has 0 aliphatic rings. The minimum atomic E-state index is 0. The quantitative estimate of drug-likeness (QED) is 0.563. The van der Waals surface area contributed by atoms with Gasteiger partial charge < -0.3 is 21.5 Å². The Hall–Kier alpha value is -0.400. The van der Waals surface area contributed by atoms with Gasteiger partial charge in [0, 0.05) is 12.2 Å². The number of hydrogen-bond donors (Lipinski definition) is 1. The molecule has 1 N–H and O–H groups in total. The zero-order valence-corrected chi connectivity index (χ0v) is 15.0. The fourth-order valence-corrected chi connectivity index (χ4v) is 2.94. The van der Waals surface area contributed by atoms with E-state index in [-0.39, 0.29) is 17.0 Å². The van der Waals surface area contributed by atoms with Crippen LogP contribution in [-0.4, -0.2) is 56.9 Å². The van der Waals surface area contributed by atoms with E-state index in [1.807, 2.05) is 0 Å². The Balaban J connectivity index is 0.00000361. The number of nitrogens with zero attached hydrogens (tertiary/aromatic N) is 3. The van der Waals surface area contributed by atoms with Crippen molar-refractivity contribution in [3.05, 3.63) is 11.9 Å². The number of aromatic nitrogens is 3. The average Bonchev–Trinajstić information content (AvgIpc) is 2.94. The molecule has 0 fully saturated rings. The first-order valence-corrected chi connectivity index (χ1v) is 7.99. The van der Waals surface area contributed by atoms with Crippen LogP contribution < -0.4 is 17.0 Å². The summed E-state index contributed by atoms with van der Waals surface area (Å²) in [6.45, 7) is 10.9. The molecule has 1 aromatic rings. The minimum Gasteiger partial charge on any atom is -1.00 e. The number of carbonyl (C=O) groups excluding carboxylic acids is 1. The third-order valence-corrected chi connectivity index (χ3v) is 4.82. The van der Waals surface area contributed by atoms with E-state index in [0.29, 0.717) is 11.5 Å². The van der Waals surface area contributed by atoms with Crippen LogP contribution in [0.2, 0.25) is 0 Å². The monoisotopic (exact) mass is 364 g/mol. The van der Waals surface area contributed by atoms with Gasteiger partial charge in [-0.15, -0.1) is 0 Å². The Kier molecular flexibility index (Phi) is 10.1. The first-order valence-electron chi connectivity index (χ1n) is 7.01. The highest BCUT2D eigenvalue weighted by Crippen LogP contribution is 2.13. The Morgan fingerprint density at radius 3 is 2.45 bits per heavy atom. The predicted octanol–water partition coefficient (Wildman–Crippen LogP) is -1.12. The highest BCUT2D eigenvalue weighted by atomic mass is 79.9. The standard InChI is InChI=1S/C13H25N4OS.BrH/c1-4-17(5-2,6-3)9-7-13(18)19-10-8-12-11-14-16-15-12;/h11H,4-10H2,1-3H3,(H,14,15,16);1H/q+1;/p-1. The van der Waals surface area contributed by atoms with E-state index in [9.17, 15) is 4.79 Å². The number of H-pyrrole nitrogens is 1. The van der Waals surface area contributed by atoms with Gasteiger partial charge in [0.15, 0.2) is 5.12 Å². The number of aryl methyl sites for hydroxylation is 1. The van der Waals surface area contributed by atoms with Crippen LogP contribution >= 0.6 is 11.8 Å². The molecule has 116 valence electrons. The Labute approximate surface area is 136 Å². The van der Waals surface area contributed by atoms with Crippen molar-refractivity contribution < 1.29 is 26.3 Å². The first-order chi connectivity index (χ1) is 9.15. The van der Waals surface area contributed by atoms with Gasteiger partial charge in [0.1, 0.15) is 0 Å². The van der Waals surface area contributed by atoms with E-state index in [0.717, 1.165) is 48.5 Å². The summed E-state index contributed by atoms with van der Waals surface area (Å²) in [5.41, 5.74) is 0.918. The molecule has 5 nitrogen and oxygen atoms in total. The molecule has 0 radical (unpaired) electrons. The molecule has 0 amide bonds. The summed E-state index contributed by atoms with van der Waals surface area (Å²) in [6.07, 6.45) is 3.17. The van der Waals surface area contributed by atoms with Crippen LogP contribution in [0.1, 0.15) is 32.9 Å². The lowest BCUT2D eigenvalue weighted by Gasteiger charge is -2.35. The smallest absolute Gasteiger partial charge is 0.194 e. The second kappa shape index (κ2) is 10.3. The molecule has 1 rings (SSSR count). The Bertz CT molecular complexity index is 360. The van der Waals surface area contributed by atoms with Crippen LogP contribution in [0, 0.1) is 0 Å². The highest BCUT2D eigenvalue weighted by Gasteiger charge is 2.21. The minimum absolute atomic E-state index is 0. The number of carbonyl (C=O) groups is 1. The Morgan fingerprint density at radius 1 is 1.30 bits per heavy atom. The van der Waals surface area contributed by atoms with Gasteiger partial charge in [-0.1, -0.05) is 11.8 Å². The van der Waals surface area contributed by atoms with E-state index in [2.05, 4.69) is 36.2 Å². The molecule has 0 aromatic carbocycles. The maximum absolute atomic E-state index is 11.9. The van der Waals surface area contributed by atoms with Gasteiger partial charge in [-0.3, -0.25) is 4.79 Å². The van der Waals surface area contributed by atoms with Crippen molar-refractivity contribution in [3.8, 4) is 0 Å². The molecule has 0 unspecified atom stereocenters. The zero-order valence-electron chi connectivity index (χ0n) is 12.6. The number of hydrogen-bond acceptors (Lipinski definition) is 4. The largest absolute Gasteiger partial charge is 1.00 e. The molecule has 7 heteroatoms. The molecule has 0 spiro atoms. The van der Waals surface area contributed by atoms with Crippen LogP contribution in [0.3, 0.4) is 0 Å². The van der Waals surface area contributed by atoms with Gasteiger partial charge in [0.05, 0.1) is 44.5 Å². The number of quaternary nitrogens is 1. The molecule has 0 aliphatic carbocycles. The van der Waals surface area contributed by atoms with Gasteiger partial charge in [0.25, 0.3) is 0 Å². The predicted molar refractivity (Wildman–Crippen MR) is 78.9 cm³/mol. The summed E-state index contributed by atoms with van der Waals surface area (Å²) in [5, 5.41) is 10.6. The number of nitrogens with one attached hydrogen (secondary N) is 1. The summed E-state index contributed by atoms with van der Waals surface area (Å²) in [6, 6.07) is 0. The van der Waals surface area contributed by atoms with Crippen molar-refractivity contribution >= 4 is 16.9 Å². The van der Waals surface area contributed by atoms with Gasteiger partial charge in [-0.05, 0) is 20.8 Å². The summed E-state index contributed by atoms with van der Waals surface area (Å²) in [5.74, 6) is 0.787. The SMILES string of the molecule is CC[N+](CC)(CC)CCC(=O)SCCc1cn[nH]n1.[Br-]. The van der Waals surface area contributed by atoms with Crippen molar-refractivity contribution in [2.75, 3.05) is 31.9 Å². The third kappa shape index (κ3) is 6.37. The summed E-state index contributed by atoms with van der Waals surface area (Å²) < 4.78 is 1.04. The van der Waals surface area contributed by atoms with Gasteiger partial charge in [-0.25, -0.2) is 0 Å². The molecular weight excluding hydrogens is 340 g/mol. The number of thioether (sulfide) groups is 1. The molecule has 20 heavy (non-hydrogen) atoms. The maximum Gasteiger partial charge on any atom is 0.194 e. The molecule has 0 saturated carbocycles. The summed E-state index contributed by atoms with van der Waals surface area (Å²) >= 11 is 1.42. The van der Waals surface area contributed by atoms with Crippen molar-refractivity contribution in [1.82, 2.24) is 15.4 Å². The Morgan fingerprint density at radius 2 is 1.95 bits per heavy atom. The van der Waals surface area contributed by atoms with Crippen LogP contribution in [0.15, 0.2) is 6.20 Å². The number of rotatable bonds is 9. The topological polar surface area (TPSA) is 58.6 Å². The first kappa shape index (κ1) is 19.6. The maximum atomic E-state index is 11.9.